The zero-order valence-corrected chi connectivity index (χ0v) is 12.8. The fourth-order valence-electron chi connectivity index (χ4n) is 2.84. The van der Waals surface area contributed by atoms with E-state index in [4.69, 9.17) is 9.47 Å². The molecule has 2 aromatic rings. The van der Waals surface area contributed by atoms with Crippen molar-refractivity contribution in [2.45, 2.75) is 17.7 Å². The summed E-state index contributed by atoms with van der Waals surface area (Å²) in [6.07, 6.45) is 4.27. The van der Waals surface area contributed by atoms with Crippen LogP contribution in [0.1, 0.15) is 11.1 Å². The maximum Gasteiger partial charge on any atom is 0.120 e. The topological polar surface area (TPSA) is 18.5 Å². The van der Waals surface area contributed by atoms with E-state index in [1.807, 2.05) is 6.07 Å². The van der Waals surface area contributed by atoms with Crippen LogP contribution in [0.2, 0.25) is 0 Å². The minimum atomic E-state index is 0.928. The predicted octanol–water partition coefficient (Wildman–Crippen LogP) is 4.19. The maximum atomic E-state index is 5.44. The van der Waals surface area contributed by atoms with Crippen LogP contribution in [0, 0.1) is 0 Å². The summed E-state index contributed by atoms with van der Waals surface area (Å²) < 4.78 is 10.8. The molecule has 0 spiro atoms. The third-order valence-corrected chi connectivity index (χ3v) is 4.69. The Kier molecular flexibility index (Phi) is 3.62. The Morgan fingerprint density at radius 1 is 0.900 bits per heavy atom. The molecule has 1 aliphatic rings. The first-order valence-electron chi connectivity index (χ1n) is 6.69. The van der Waals surface area contributed by atoms with Crippen molar-refractivity contribution in [2.75, 3.05) is 20.5 Å². The number of fused-ring (bicyclic) bond motifs is 3. The summed E-state index contributed by atoms with van der Waals surface area (Å²) >= 11 is 1.79. The zero-order chi connectivity index (χ0) is 14.1. The second kappa shape index (κ2) is 5.41. The highest BCUT2D eigenvalue weighted by Crippen LogP contribution is 2.41. The Labute approximate surface area is 124 Å². The Balaban J connectivity index is 2.20. The van der Waals surface area contributed by atoms with E-state index in [1.165, 1.54) is 27.1 Å². The van der Waals surface area contributed by atoms with Gasteiger partial charge in [0.2, 0.25) is 0 Å². The highest BCUT2D eigenvalue weighted by Gasteiger charge is 2.20. The minimum Gasteiger partial charge on any atom is -0.497 e. The smallest absolute Gasteiger partial charge is 0.120 e. The maximum absolute atomic E-state index is 5.44. The van der Waals surface area contributed by atoms with Crippen molar-refractivity contribution < 1.29 is 9.47 Å². The minimum absolute atomic E-state index is 0.928. The van der Waals surface area contributed by atoms with E-state index < -0.39 is 0 Å². The van der Waals surface area contributed by atoms with E-state index in [0.717, 1.165) is 24.3 Å². The van der Waals surface area contributed by atoms with E-state index in [2.05, 4.69) is 30.5 Å². The van der Waals surface area contributed by atoms with Gasteiger partial charge in [0.05, 0.1) is 14.2 Å². The Hall–Kier alpha value is -1.61. The number of rotatable bonds is 3. The average molecular weight is 286 g/mol. The van der Waals surface area contributed by atoms with Crippen LogP contribution in [0.15, 0.2) is 35.2 Å². The van der Waals surface area contributed by atoms with E-state index in [0.29, 0.717) is 0 Å². The molecule has 0 N–H and O–H groups in total. The molecular weight excluding hydrogens is 268 g/mol. The summed E-state index contributed by atoms with van der Waals surface area (Å²) in [5.74, 6) is 1.86. The lowest BCUT2D eigenvalue weighted by molar-refractivity contribution is 0.413. The van der Waals surface area contributed by atoms with Gasteiger partial charge in [-0.05, 0) is 65.6 Å². The van der Waals surface area contributed by atoms with Crippen molar-refractivity contribution in [2.24, 2.45) is 0 Å². The number of hydrogen-bond acceptors (Lipinski definition) is 3. The molecule has 0 bridgehead atoms. The van der Waals surface area contributed by atoms with Crippen LogP contribution in [0.5, 0.6) is 11.5 Å². The number of benzene rings is 2. The summed E-state index contributed by atoms with van der Waals surface area (Å²) in [7, 11) is 3.44. The monoisotopic (exact) mass is 286 g/mol. The predicted molar refractivity (Wildman–Crippen MR) is 84.2 cm³/mol. The highest BCUT2D eigenvalue weighted by atomic mass is 32.2. The first-order valence-corrected chi connectivity index (χ1v) is 7.91. The van der Waals surface area contributed by atoms with Crippen LogP contribution in [-0.2, 0) is 12.8 Å². The first kappa shape index (κ1) is 13.4. The van der Waals surface area contributed by atoms with Gasteiger partial charge in [-0.1, -0.05) is 6.07 Å². The van der Waals surface area contributed by atoms with Crippen LogP contribution >= 0.6 is 11.8 Å². The first-order chi connectivity index (χ1) is 9.76. The lowest BCUT2D eigenvalue weighted by Crippen LogP contribution is -2.06. The highest BCUT2D eigenvalue weighted by molar-refractivity contribution is 7.98. The van der Waals surface area contributed by atoms with Gasteiger partial charge in [-0.25, -0.2) is 0 Å². The lowest BCUT2D eigenvalue weighted by atomic mass is 9.85. The Bertz CT molecular complexity index is 650. The van der Waals surface area contributed by atoms with Gasteiger partial charge in [0, 0.05) is 4.90 Å². The summed E-state index contributed by atoms with van der Waals surface area (Å²) in [5, 5.41) is 0. The van der Waals surface area contributed by atoms with E-state index in [1.54, 1.807) is 26.0 Å². The van der Waals surface area contributed by atoms with Crippen LogP contribution in [0.25, 0.3) is 11.1 Å². The van der Waals surface area contributed by atoms with Crippen molar-refractivity contribution >= 4 is 11.8 Å². The third-order valence-electron chi connectivity index (χ3n) is 3.89. The van der Waals surface area contributed by atoms with Crippen LogP contribution < -0.4 is 9.47 Å². The Morgan fingerprint density at radius 3 is 2.40 bits per heavy atom. The largest absolute Gasteiger partial charge is 0.497 e. The molecule has 3 heteroatoms. The zero-order valence-electron chi connectivity index (χ0n) is 12.0. The molecule has 0 saturated heterocycles. The molecule has 0 saturated carbocycles. The van der Waals surface area contributed by atoms with Gasteiger partial charge in [0.25, 0.3) is 0 Å². The van der Waals surface area contributed by atoms with E-state index in [-0.39, 0.29) is 0 Å². The summed E-state index contributed by atoms with van der Waals surface area (Å²) in [6.45, 7) is 0. The van der Waals surface area contributed by atoms with Gasteiger partial charge in [0.1, 0.15) is 11.5 Å². The summed E-state index contributed by atoms with van der Waals surface area (Å²) in [6, 6.07) is 10.6. The number of ether oxygens (including phenoxy) is 2. The van der Waals surface area contributed by atoms with E-state index in [9.17, 15) is 0 Å². The van der Waals surface area contributed by atoms with Gasteiger partial charge in [0.15, 0.2) is 0 Å². The van der Waals surface area contributed by atoms with Gasteiger partial charge in [-0.2, -0.15) is 0 Å². The molecule has 0 amide bonds. The molecule has 0 aliphatic heterocycles. The van der Waals surface area contributed by atoms with Crippen molar-refractivity contribution in [1.82, 2.24) is 0 Å². The van der Waals surface area contributed by atoms with Crippen LogP contribution in [0.3, 0.4) is 0 Å². The normalized spacial score (nSPS) is 12.6. The standard InChI is InChI=1S/C17H18O2S/c1-18-12-5-7-14-11(8-12)4-6-15-16(14)9-13(19-2)10-17(15)20-3/h5,7-10H,4,6H2,1-3H3. The lowest BCUT2D eigenvalue weighted by Gasteiger charge is -2.23. The molecule has 0 fully saturated rings. The molecule has 104 valence electrons. The summed E-state index contributed by atoms with van der Waals surface area (Å²) in [5.41, 5.74) is 5.41. The van der Waals surface area contributed by atoms with Gasteiger partial charge < -0.3 is 9.47 Å². The van der Waals surface area contributed by atoms with E-state index >= 15 is 0 Å². The SMILES string of the molecule is COc1ccc2c(c1)CCc1c(SC)cc(OC)cc1-2. The molecule has 0 atom stereocenters. The molecule has 0 radical (unpaired) electrons. The van der Waals surface area contributed by atoms with Crippen molar-refractivity contribution in [3.05, 3.63) is 41.5 Å². The number of aryl methyl sites for hydroxylation is 1. The van der Waals surface area contributed by atoms with Crippen molar-refractivity contribution in [1.29, 1.82) is 0 Å². The molecule has 2 nitrogen and oxygen atoms in total. The fraction of sp³-hybridized carbons (Fsp3) is 0.294. The van der Waals surface area contributed by atoms with Gasteiger partial charge in [-0.3, -0.25) is 0 Å². The molecule has 1 aliphatic carbocycles. The van der Waals surface area contributed by atoms with Crippen molar-refractivity contribution in [3.63, 3.8) is 0 Å². The molecular formula is C17H18O2S. The molecule has 3 rings (SSSR count). The number of methoxy groups -OCH3 is 2. The number of thioether (sulfide) groups is 1. The second-order valence-corrected chi connectivity index (χ2v) is 5.73. The van der Waals surface area contributed by atoms with Crippen LogP contribution in [-0.4, -0.2) is 20.5 Å². The summed E-state index contributed by atoms with van der Waals surface area (Å²) in [4.78, 5) is 1.32. The molecule has 20 heavy (non-hydrogen) atoms. The molecule has 2 aromatic carbocycles. The molecule has 0 heterocycles. The van der Waals surface area contributed by atoms with Gasteiger partial charge in [-0.15, -0.1) is 11.8 Å². The molecule has 0 unspecified atom stereocenters. The molecule has 0 aromatic heterocycles. The average Bonchev–Trinajstić information content (AvgIpc) is 2.52. The second-order valence-electron chi connectivity index (χ2n) is 4.88. The van der Waals surface area contributed by atoms with Crippen molar-refractivity contribution in [3.8, 4) is 22.6 Å². The van der Waals surface area contributed by atoms with Gasteiger partial charge >= 0.3 is 0 Å². The quantitative estimate of drug-likeness (QED) is 0.788. The number of hydrogen-bond donors (Lipinski definition) is 0. The van der Waals surface area contributed by atoms with Crippen LogP contribution in [0.4, 0.5) is 0 Å². The fourth-order valence-corrected chi connectivity index (χ4v) is 3.54. The Morgan fingerprint density at radius 2 is 1.70 bits per heavy atom. The third kappa shape index (κ3) is 2.16.